The minimum Gasteiger partial charge on any atom is -0.491 e. The minimum absolute atomic E-state index is 0.0276. The lowest BCUT2D eigenvalue weighted by Gasteiger charge is -2.24. The number of aromatic nitrogens is 1. The van der Waals surface area contributed by atoms with Gasteiger partial charge in [0, 0.05) is 29.6 Å². The summed E-state index contributed by atoms with van der Waals surface area (Å²) in [4.78, 5) is 24.5. The number of ether oxygens (including phenoxy) is 2. The fraction of sp³-hybridized carbons (Fsp3) is 0.455. The van der Waals surface area contributed by atoms with E-state index < -0.39 is 0 Å². The molecule has 0 radical (unpaired) electrons. The maximum atomic E-state index is 12.6. The predicted octanol–water partition coefficient (Wildman–Crippen LogP) is 5.09. The van der Waals surface area contributed by atoms with Crippen molar-refractivity contribution >= 4 is 29.1 Å². The van der Waals surface area contributed by atoms with E-state index in [2.05, 4.69) is 20.8 Å². The number of nitrogens with zero attached hydrogens (tertiary/aromatic N) is 1. The van der Waals surface area contributed by atoms with Crippen molar-refractivity contribution in [1.82, 2.24) is 4.57 Å². The molecule has 156 valence electrons. The molecule has 0 amide bonds. The van der Waals surface area contributed by atoms with Gasteiger partial charge in [-0.3, -0.25) is 9.59 Å². The zero-order chi connectivity index (χ0) is 21.1. The summed E-state index contributed by atoms with van der Waals surface area (Å²) >= 11 is 8.29. The number of hydrogen-bond acceptors (Lipinski definition) is 5. The Balaban J connectivity index is 2.09. The lowest BCUT2D eigenvalue weighted by molar-refractivity contribution is 0.101. The van der Waals surface area contributed by atoms with Gasteiger partial charge < -0.3 is 14.0 Å². The monoisotopic (exact) mass is 435 g/mol. The van der Waals surface area contributed by atoms with Crippen LogP contribution in [-0.2, 0) is 0 Å². The Morgan fingerprint density at radius 2 is 2.14 bits per heavy atom. The molecular weight excluding hydrogens is 410 g/mol. The Bertz CT molecular complexity index is 970. The molecular formula is C22H26ClNO4S. The molecule has 0 N–H and O–H groups in total. The van der Waals surface area contributed by atoms with Crippen molar-refractivity contribution < 1.29 is 14.3 Å². The lowest BCUT2D eigenvalue weighted by atomic mass is 10.0. The van der Waals surface area contributed by atoms with E-state index >= 15 is 0 Å². The Labute approximate surface area is 180 Å². The van der Waals surface area contributed by atoms with Crippen LogP contribution < -0.4 is 14.9 Å². The number of Topliss-reactive ketones (excluding diaryl/α,β-unsaturated/α-hetero) is 1. The first-order valence-electron chi connectivity index (χ1n) is 9.77. The minimum atomic E-state index is -0.299. The SMILES string of the molecule is CCSCCOc1cc2c(cc1Cl)-c1cc(=O)c(C(C)=O)cn1[C@H](C(C)C)CO2. The summed E-state index contributed by atoms with van der Waals surface area (Å²) in [5, 5.41) is 0.464. The van der Waals surface area contributed by atoms with E-state index in [-0.39, 0.29) is 28.7 Å². The highest BCUT2D eigenvalue weighted by molar-refractivity contribution is 7.99. The van der Waals surface area contributed by atoms with E-state index in [9.17, 15) is 9.59 Å². The molecule has 0 saturated heterocycles. The number of carbonyl (C=O) groups excluding carboxylic acids is 1. The average Bonchev–Trinajstić information content (AvgIpc) is 2.81. The lowest BCUT2D eigenvalue weighted by Crippen LogP contribution is -2.25. The van der Waals surface area contributed by atoms with Crippen LogP contribution in [0.3, 0.4) is 0 Å². The van der Waals surface area contributed by atoms with Gasteiger partial charge in [0.05, 0.1) is 28.9 Å². The molecule has 1 aliphatic rings. The van der Waals surface area contributed by atoms with Crippen molar-refractivity contribution in [3.05, 3.63) is 45.2 Å². The van der Waals surface area contributed by atoms with E-state index in [1.165, 1.54) is 13.0 Å². The smallest absolute Gasteiger partial charge is 0.192 e. The van der Waals surface area contributed by atoms with Crippen molar-refractivity contribution in [2.45, 2.75) is 33.7 Å². The van der Waals surface area contributed by atoms with Crippen LogP contribution in [0.4, 0.5) is 0 Å². The quantitative estimate of drug-likeness (QED) is 0.447. The molecule has 5 nitrogen and oxygen atoms in total. The van der Waals surface area contributed by atoms with E-state index in [4.69, 9.17) is 21.1 Å². The molecule has 1 atom stereocenters. The number of rotatable bonds is 7. The zero-order valence-corrected chi connectivity index (χ0v) is 18.7. The van der Waals surface area contributed by atoms with Gasteiger partial charge in [-0.25, -0.2) is 0 Å². The number of carbonyl (C=O) groups is 1. The van der Waals surface area contributed by atoms with Crippen molar-refractivity contribution in [3.8, 4) is 22.8 Å². The number of halogens is 1. The van der Waals surface area contributed by atoms with Gasteiger partial charge in [0.15, 0.2) is 11.2 Å². The normalized spacial score (nSPS) is 15.3. The topological polar surface area (TPSA) is 57.5 Å². The second kappa shape index (κ2) is 9.26. The highest BCUT2D eigenvalue weighted by Gasteiger charge is 2.27. The largest absolute Gasteiger partial charge is 0.491 e. The molecule has 0 spiro atoms. The van der Waals surface area contributed by atoms with Crippen molar-refractivity contribution in [3.63, 3.8) is 0 Å². The maximum Gasteiger partial charge on any atom is 0.192 e. The molecule has 0 fully saturated rings. The number of ketones is 1. The summed E-state index contributed by atoms with van der Waals surface area (Å²) < 4.78 is 13.9. The summed E-state index contributed by atoms with van der Waals surface area (Å²) in [5.41, 5.74) is 1.30. The van der Waals surface area contributed by atoms with E-state index in [1.54, 1.807) is 30.1 Å². The molecule has 3 rings (SSSR count). The number of pyridine rings is 1. The summed E-state index contributed by atoms with van der Waals surface area (Å²) in [7, 11) is 0. The van der Waals surface area contributed by atoms with Crippen LogP contribution >= 0.6 is 23.4 Å². The third-order valence-corrected chi connectivity index (χ3v) is 6.15. The highest BCUT2D eigenvalue weighted by atomic mass is 35.5. The number of fused-ring (bicyclic) bond motifs is 3. The first-order chi connectivity index (χ1) is 13.8. The molecule has 2 aromatic rings. The second-order valence-corrected chi connectivity index (χ2v) is 9.15. The number of thioether (sulfide) groups is 1. The first-order valence-corrected chi connectivity index (χ1v) is 11.3. The number of benzene rings is 1. The highest BCUT2D eigenvalue weighted by Crippen LogP contribution is 2.42. The standard InChI is InChI=1S/C22H26ClNO4S/c1-5-29-7-6-27-22-10-21-15(8-17(22)23)18-9-20(26)16(14(4)25)11-24(18)19(12-28-21)13(2)3/h8-11,13,19H,5-7,12H2,1-4H3/t19-/m0/s1. The van der Waals surface area contributed by atoms with Gasteiger partial charge in [-0.2, -0.15) is 11.8 Å². The van der Waals surface area contributed by atoms with Crippen molar-refractivity contribution in [1.29, 1.82) is 0 Å². The molecule has 0 aliphatic carbocycles. The Kier molecular flexibility index (Phi) is 6.96. The van der Waals surface area contributed by atoms with Gasteiger partial charge >= 0.3 is 0 Å². The van der Waals surface area contributed by atoms with Crippen LogP contribution in [0.25, 0.3) is 11.3 Å². The number of hydrogen-bond donors (Lipinski definition) is 0. The van der Waals surface area contributed by atoms with Gasteiger partial charge in [0.2, 0.25) is 0 Å². The molecule has 1 aliphatic heterocycles. The molecule has 0 saturated carbocycles. The van der Waals surface area contributed by atoms with Gasteiger partial charge in [-0.1, -0.05) is 32.4 Å². The predicted molar refractivity (Wildman–Crippen MR) is 119 cm³/mol. The van der Waals surface area contributed by atoms with E-state index in [1.807, 2.05) is 4.57 Å². The molecule has 29 heavy (non-hydrogen) atoms. The summed E-state index contributed by atoms with van der Waals surface area (Å²) in [5.74, 6) is 3.10. The molecule has 1 aromatic carbocycles. The zero-order valence-electron chi connectivity index (χ0n) is 17.2. The summed E-state index contributed by atoms with van der Waals surface area (Å²) in [6, 6.07) is 5.06. The Hall–Kier alpha value is -1.92. The fourth-order valence-corrected chi connectivity index (χ4v) is 4.10. The van der Waals surface area contributed by atoms with Gasteiger partial charge in [-0.05, 0) is 24.7 Å². The third-order valence-electron chi connectivity index (χ3n) is 4.99. The van der Waals surface area contributed by atoms with Crippen LogP contribution in [0.2, 0.25) is 5.02 Å². The van der Waals surface area contributed by atoms with Crippen LogP contribution in [0.5, 0.6) is 11.5 Å². The van der Waals surface area contributed by atoms with Crippen molar-refractivity contribution in [2.75, 3.05) is 24.7 Å². The average molecular weight is 436 g/mol. The van der Waals surface area contributed by atoms with Crippen molar-refractivity contribution in [2.24, 2.45) is 5.92 Å². The van der Waals surface area contributed by atoms with Crippen LogP contribution in [0.15, 0.2) is 29.2 Å². The van der Waals surface area contributed by atoms with Crippen LogP contribution in [0, 0.1) is 5.92 Å². The first kappa shape index (κ1) is 21.8. The van der Waals surface area contributed by atoms with E-state index in [0.717, 1.165) is 17.1 Å². The summed E-state index contributed by atoms with van der Waals surface area (Å²) in [6.07, 6.45) is 1.66. The maximum absolute atomic E-state index is 12.6. The fourth-order valence-electron chi connectivity index (χ4n) is 3.39. The molecule has 0 bridgehead atoms. The molecule has 0 unspecified atom stereocenters. The molecule has 7 heteroatoms. The van der Waals surface area contributed by atoms with Crippen LogP contribution in [-0.4, -0.2) is 35.1 Å². The Morgan fingerprint density at radius 3 is 2.79 bits per heavy atom. The third kappa shape index (κ3) is 4.64. The van der Waals surface area contributed by atoms with Gasteiger partial charge in [0.1, 0.15) is 18.1 Å². The van der Waals surface area contributed by atoms with Crippen LogP contribution in [0.1, 0.15) is 44.1 Å². The molecule has 1 aromatic heterocycles. The molecule has 2 heterocycles. The van der Waals surface area contributed by atoms with Gasteiger partial charge in [-0.15, -0.1) is 0 Å². The van der Waals surface area contributed by atoms with Gasteiger partial charge in [0.25, 0.3) is 0 Å². The second-order valence-electron chi connectivity index (χ2n) is 7.35. The summed E-state index contributed by atoms with van der Waals surface area (Å²) in [6.45, 7) is 8.68. The Morgan fingerprint density at radius 1 is 1.38 bits per heavy atom. The van der Waals surface area contributed by atoms with E-state index in [0.29, 0.717) is 35.4 Å².